The monoisotopic (exact) mass is 562 g/mol. The number of benzene rings is 3. The lowest BCUT2D eigenvalue weighted by Crippen LogP contribution is -2.51. The Balaban J connectivity index is 1.85. The zero-order chi connectivity index (χ0) is 25.9. The van der Waals surface area contributed by atoms with E-state index in [0.29, 0.717) is 33.8 Å². The van der Waals surface area contributed by atoms with Crippen LogP contribution in [0.2, 0.25) is 15.1 Å². The van der Waals surface area contributed by atoms with Crippen LogP contribution >= 0.6 is 46.6 Å². The topological polar surface area (TPSA) is 49.4 Å². The van der Waals surface area contributed by atoms with Gasteiger partial charge in [-0.3, -0.25) is 9.59 Å². The number of amides is 2. The smallest absolute Gasteiger partial charge is 0.243 e. The fraction of sp³-hybridized carbons (Fsp3) is 0.286. The van der Waals surface area contributed by atoms with Gasteiger partial charge < -0.3 is 10.2 Å². The summed E-state index contributed by atoms with van der Waals surface area (Å²) in [6, 6.07) is 21.8. The number of nitrogens with zero attached hydrogens (tertiary/aromatic N) is 1. The maximum absolute atomic E-state index is 13.6. The molecule has 0 fully saturated rings. The summed E-state index contributed by atoms with van der Waals surface area (Å²) in [6.07, 6.45) is 1.21. The molecule has 0 spiro atoms. The molecular formula is C28H29Cl3N2O2S. The maximum atomic E-state index is 13.6. The second-order valence-corrected chi connectivity index (χ2v) is 10.6. The molecule has 36 heavy (non-hydrogen) atoms. The molecule has 0 aromatic heterocycles. The van der Waals surface area contributed by atoms with Crippen molar-refractivity contribution in [3.8, 4) is 0 Å². The third-order valence-electron chi connectivity index (χ3n) is 5.60. The molecule has 0 aliphatic carbocycles. The highest BCUT2D eigenvalue weighted by Gasteiger charge is 2.30. The van der Waals surface area contributed by atoms with Gasteiger partial charge in [-0.2, -0.15) is 0 Å². The van der Waals surface area contributed by atoms with Crippen LogP contribution < -0.4 is 5.32 Å². The van der Waals surface area contributed by atoms with E-state index in [4.69, 9.17) is 34.8 Å². The van der Waals surface area contributed by atoms with Crippen LogP contribution in [0.5, 0.6) is 0 Å². The molecule has 0 aliphatic heterocycles. The molecule has 2 amide bonds. The summed E-state index contributed by atoms with van der Waals surface area (Å²) in [6.45, 7) is 2.81. The van der Waals surface area contributed by atoms with Crippen molar-refractivity contribution in [1.82, 2.24) is 10.2 Å². The normalized spacial score (nSPS) is 11.7. The van der Waals surface area contributed by atoms with Crippen molar-refractivity contribution in [3.05, 3.63) is 105 Å². The SMILES string of the molecule is CCCNC(=O)[C@H](Cc1ccccc1)N(Cc1cccc(Cl)c1)C(=O)CSCc1c(Cl)cccc1Cl. The van der Waals surface area contributed by atoms with E-state index in [-0.39, 0.29) is 24.1 Å². The number of hydrogen-bond acceptors (Lipinski definition) is 3. The molecule has 0 aliphatic rings. The van der Waals surface area contributed by atoms with Crippen LogP contribution in [0.3, 0.4) is 0 Å². The van der Waals surface area contributed by atoms with E-state index < -0.39 is 6.04 Å². The van der Waals surface area contributed by atoms with Crippen LogP contribution in [-0.4, -0.2) is 35.1 Å². The Labute approximate surface area is 232 Å². The number of thioether (sulfide) groups is 1. The van der Waals surface area contributed by atoms with Crippen molar-refractivity contribution in [2.45, 2.75) is 38.1 Å². The van der Waals surface area contributed by atoms with Crippen LogP contribution in [0, 0.1) is 0 Å². The lowest BCUT2D eigenvalue weighted by molar-refractivity contribution is -0.139. The molecule has 0 unspecified atom stereocenters. The molecule has 0 bridgehead atoms. The van der Waals surface area contributed by atoms with Crippen LogP contribution in [0.15, 0.2) is 72.8 Å². The molecule has 0 radical (unpaired) electrons. The Bertz CT molecular complexity index is 1140. The third-order valence-corrected chi connectivity index (χ3v) is 7.48. The molecule has 0 saturated heterocycles. The highest BCUT2D eigenvalue weighted by molar-refractivity contribution is 7.99. The van der Waals surface area contributed by atoms with Gasteiger partial charge in [0.25, 0.3) is 0 Å². The highest BCUT2D eigenvalue weighted by Crippen LogP contribution is 2.28. The molecule has 4 nitrogen and oxygen atoms in total. The van der Waals surface area contributed by atoms with E-state index in [0.717, 1.165) is 23.1 Å². The van der Waals surface area contributed by atoms with Crippen molar-refractivity contribution in [3.63, 3.8) is 0 Å². The van der Waals surface area contributed by atoms with Gasteiger partial charge in [0.2, 0.25) is 11.8 Å². The predicted molar refractivity (Wildman–Crippen MR) is 152 cm³/mol. The minimum Gasteiger partial charge on any atom is -0.354 e. The van der Waals surface area contributed by atoms with Crippen LogP contribution in [0.1, 0.15) is 30.0 Å². The fourth-order valence-corrected chi connectivity index (χ4v) is 5.61. The van der Waals surface area contributed by atoms with E-state index >= 15 is 0 Å². The zero-order valence-electron chi connectivity index (χ0n) is 20.1. The first kappa shape index (κ1) is 28.4. The summed E-state index contributed by atoms with van der Waals surface area (Å²) < 4.78 is 0. The number of rotatable bonds is 12. The van der Waals surface area contributed by atoms with E-state index in [2.05, 4.69) is 5.32 Å². The minimum atomic E-state index is -0.671. The van der Waals surface area contributed by atoms with Crippen molar-refractivity contribution < 1.29 is 9.59 Å². The summed E-state index contributed by atoms with van der Waals surface area (Å²) in [7, 11) is 0. The molecule has 0 saturated carbocycles. The molecule has 3 aromatic rings. The Hall–Kier alpha value is -2.18. The van der Waals surface area contributed by atoms with Gasteiger partial charge in [0, 0.05) is 40.3 Å². The summed E-state index contributed by atoms with van der Waals surface area (Å²) >= 11 is 20.2. The summed E-state index contributed by atoms with van der Waals surface area (Å²) in [5, 5.41) is 4.70. The van der Waals surface area contributed by atoms with Crippen molar-refractivity contribution in [1.29, 1.82) is 0 Å². The number of halogens is 3. The quantitative estimate of drug-likeness (QED) is 0.257. The molecule has 8 heteroatoms. The van der Waals surface area contributed by atoms with Crippen LogP contribution in [0.4, 0.5) is 0 Å². The second kappa shape index (κ2) is 14.5. The van der Waals surface area contributed by atoms with E-state index in [1.54, 1.807) is 29.2 Å². The Kier molecular flexibility index (Phi) is 11.5. The first-order valence-corrected chi connectivity index (χ1v) is 14.0. The third kappa shape index (κ3) is 8.45. The average molecular weight is 564 g/mol. The summed E-state index contributed by atoms with van der Waals surface area (Å²) in [4.78, 5) is 28.6. The van der Waals surface area contributed by atoms with E-state index in [1.165, 1.54) is 11.8 Å². The lowest BCUT2D eigenvalue weighted by Gasteiger charge is -2.31. The van der Waals surface area contributed by atoms with Gasteiger partial charge in [0.1, 0.15) is 6.04 Å². The molecule has 1 atom stereocenters. The first-order chi connectivity index (χ1) is 17.4. The van der Waals surface area contributed by atoms with E-state index in [9.17, 15) is 9.59 Å². The number of nitrogens with one attached hydrogen (secondary N) is 1. The largest absolute Gasteiger partial charge is 0.354 e. The standard InChI is InChI=1S/C28H29Cl3N2O2S/c1-2-14-32-28(35)26(16-20-8-4-3-5-9-20)33(17-21-10-6-11-22(29)15-21)27(34)19-36-18-23-24(30)12-7-13-25(23)31/h3-13,15,26H,2,14,16-19H2,1H3,(H,32,35)/t26-/m0/s1. The molecule has 3 rings (SSSR count). The molecule has 3 aromatic carbocycles. The highest BCUT2D eigenvalue weighted by atomic mass is 35.5. The zero-order valence-corrected chi connectivity index (χ0v) is 23.1. The summed E-state index contributed by atoms with van der Waals surface area (Å²) in [5.74, 6) is 0.348. The number of carbonyl (C=O) groups is 2. The second-order valence-electron chi connectivity index (χ2n) is 8.34. The molecule has 0 heterocycles. The summed E-state index contributed by atoms with van der Waals surface area (Å²) in [5.41, 5.74) is 2.63. The van der Waals surface area contributed by atoms with Crippen molar-refractivity contribution >= 4 is 58.4 Å². The van der Waals surface area contributed by atoms with Gasteiger partial charge in [-0.05, 0) is 47.4 Å². The van der Waals surface area contributed by atoms with E-state index in [1.807, 2.05) is 55.5 Å². The maximum Gasteiger partial charge on any atom is 0.243 e. The molecule has 190 valence electrons. The van der Waals surface area contributed by atoms with Gasteiger partial charge >= 0.3 is 0 Å². The van der Waals surface area contributed by atoms with Gasteiger partial charge in [-0.15, -0.1) is 11.8 Å². The van der Waals surface area contributed by atoms with Crippen molar-refractivity contribution in [2.75, 3.05) is 12.3 Å². The Morgan fingerprint density at radius 3 is 2.25 bits per heavy atom. The van der Waals surface area contributed by atoms with Gasteiger partial charge in [0.15, 0.2) is 0 Å². The van der Waals surface area contributed by atoms with Gasteiger partial charge in [-0.1, -0.05) is 90.3 Å². The van der Waals surface area contributed by atoms with Crippen LogP contribution in [0.25, 0.3) is 0 Å². The Morgan fingerprint density at radius 2 is 1.58 bits per heavy atom. The van der Waals surface area contributed by atoms with Crippen LogP contribution in [-0.2, 0) is 28.3 Å². The molecular weight excluding hydrogens is 535 g/mol. The lowest BCUT2D eigenvalue weighted by atomic mass is 10.0. The van der Waals surface area contributed by atoms with Gasteiger partial charge in [-0.25, -0.2) is 0 Å². The minimum absolute atomic E-state index is 0.143. The van der Waals surface area contributed by atoms with Crippen molar-refractivity contribution in [2.24, 2.45) is 0 Å². The molecule has 1 N–H and O–H groups in total. The predicted octanol–water partition coefficient (Wildman–Crippen LogP) is 7.05. The Morgan fingerprint density at radius 1 is 0.917 bits per heavy atom. The number of carbonyl (C=O) groups excluding carboxylic acids is 2. The average Bonchev–Trinajstić information content (AvgIpc) is 2.87. The number of hydrogen-bond donors (Lipinski definition) is 1. The fourth-order valence-electron chi connectivity index (χ4n) is 3.75. The first-order valence-electron chi connectivity index (χ1n) is 11.7. The van der Waals surface area contributed by atoms with Gasteiger partial charge in [0.05, 0.1) is 5.75 Å².